The van der Waals surface area contributed by atoms with Gasteiger partial charge in [-0.15, -0.1) is 0 Å². The molecule has 2 N–H and O–H groups in total. The van der Waals surface area contributed by atoms with E-state index in [4.69, 9.17) is 20.2 Å². The van der Waals surface area contributed by atoms with Crippen molar-refractivity contribution in [2.45, 2.75) is 6.61 Å². The van der Waals surface area contributed by atoms with Crippen molar-refractivity contribution in [3.63, 3.8) is 0 Å². The van der Waals surface area contributed by atoms with Crippen LogP contribution in [-0.4, -0.2) is 22.0 Å². The molecule has 0 radical (unpaired) electrons. The van der Waals surface area contributed by atoms with Gasteiger partial charge in [0.15, 0.2) is 5.78 Å². The molecule has 0 aromatic heterocycles. The van der Waals surface area contributed by atoms with Crippen LogP contribution >= 0.6 is 15.9 Å². The van der Waals surface area contributed by atoms with E-state index in [-0.39, 0.29) is 12.2 Å². The molecule has 0 saturated carbocycles. The molecule has 0 bridgehead atoms. The summed E-state index contributed by atoms with van der Waals surface area (Å²) in [6.07, 6.45) is 0.629. The van der Waals surface area contributed by atoms with Gasteiger partial charge >= 0.3 is 5.97 Å². The predicted molar refractivity (Wildman–Crippen MR) is 92.3 cm³/mol. The van der Waals surface area contributed by atoms with Crippen molar-refractivity contribution in [3.05, 3.63) is 75.5 Å². The van der Waals surface area contributed by atoms with E-state index in [1.54, 1.807) is 30.3 Å². The Balaban J connectivity index is 2.16. The van der Waals surface area contributed by atoms with Crippen LogP contribution in [0.3, 0.4) is 0 Å². The van der Waals surface area contributed by atoms with E-state index in [1.807, 2.05) is 0 Å². The van der Waals surface area contributed by atoms with Crippen LogP contribution < -0.4 is 4.74 Å². The minimum Gasteiger partial charge on any atom is -0.502 e. The standard InChI is InChI=1S/C18H12BrNO5/c19-14-5-4-12(9-20)13(6-14)10-25-15-3-1-2-11(7-15)16(21)8-17(22)18(23)24/h1-8,22H,10H2,(H,23,24). The molecule has 2 aromatic carbocycles. The molecule has 0 fully saturated rings. The van der Waals surface area contributed by atoms with Gasteiger partial charge in [-0.3, -0.25) is 4.79 Å². The number of carboxylic acids is 1. The fourth-order valence-corrected chi connectivity index (χ4v) is 2.37. The van der Waals surface area contributed by atoms with Crippen molar-refractivity contribution in [1.82, 2.24) is 0 Å². The minimum atomic E-state index is -1.58. The van der Waals surface area contributed by atoms with E-state index < -0.39 is 17.5 Å². The molecular weight excluding hydrogens is 390 g/mol. The lowest BCUT2D eigenvalue weighted by Gasteiger charge is -2.09. The summed E-state index contributed by atoms with van der Waals surface area (Å²) in [7, 11) is 0. The highest BCUT2D eigenvalue weighted by atomic mass is 79.9. The lowest BCUT2D eigenvalue weighted by molar-refractivity contribution is -0.135. The fourth-order valence-electron chi connectivity index (χ4n) is 1.96. The molecule has 0 saturated heterocycles. The zero-order valence-corrected chi connectivity index (χ0v) is 14.4. The molecule has 0 unspecified atom stereocenters. The summed E-state index contributed by atoms with van der Waals surface area (Å²) in [6, 6.07) is 13.4. The second-order valence-electron chi connectivity index (χ2n) is 4.93. The number of benzene rings is 2. The van der Waals surface area contributed by atoms with E-state index in [2.05, 4.69) is 22.0 Å². The van der Waals surface area contributed by atoms with E-state index in [0.29, 0.717) is 23.0 Å². The summed E-state index contributed by atoms with van der Waals surface area (Å²) in [5.41, 5.74) is 1.32. The number of hydrogen-bond donors (Lipinski definition) is 2. The molecule has 6 nitrogen and oxygen atoms in total. The van der Waals surface area contributed by atoms with Crippen molar-refractivity contribution in [2.24, 2.45) is 0 Å². The predicted octanol–water partition coefficient (Wildman–Crippen LogP) is 3.61. The largest absolute Gasteiger partial charge is 0.502 e. The van der Waals surface area contributed by atoms with Crippen molar-refractivity contribution < 1.29 is 24.5 Å². The smallest absolute Gasteiger partial charge is 0.371 e. The maximum absolute atomic E-state index is 11.9. The van der Waals surface area contributed by atoms with Crippen LogP contribution in [0, 0.1) is 11.3 Å². The monoisotopic (exact) mass is 401 g/mol. The summed E-state index contributed by atoms with van der Waals surface area (Å²) in [5, 5.41) is 26.8. The first-order valence-electron chi connectivity index (χ1n) is 7.00. The second-order valence-corrected chi connectivity index (χ2v) is 5.84. The number of carboxylic acid groups (broad SMARTS) is 1. The normalized spacial score (nSPS) is 10.8. The Morgan fingerprint density at radius 1 is 1.20 bits per heavy atom. The van der Waals surface area contributed by atoms with Gasteiger partial charge in [-0.2, -0.15) is 5.26 Å². The molecule has 7 heteroatoms. The maximum atomic E-state index is 11.9. The molecule has 2 rings (SSSR count). The van der Waals surface area contributed by atoms with Crippen LogP contribution in [0.4, 0.5) is 0 Å². The van der Waals surface area contributed by atoms with Crippen molar-refractivity contribution >= 4 is 27.7 Å². The third-order valence-corrected chi connectivity index (χ3v) is 3.68. The second kappa shape index (κ2) is 8.13. The molecule has 0 spiro atoms. The minimum absolute atomic E-state index is 0.121. The van der Waals surface area contributed by atoms with Crippen LogP contribution in [0.15, 0.2) is 58.8 Å². The number of rotatable bonds is 6. The summed E-state index contributed by atoms with van der Waals surface area (Å²) in [5.74, 6) is -2.91. The highest BCUT2D eigenvalue weighted by Crippen LogP contribution is 2.20. The fraction of sp³-hybridized carbons (Fsp3) is 0.0556. The summed E-state index contributed by atoms with van der Waals surface area (Å²) in [4.78, 5) is 22.5. The number of hydrogen-bond acceptors (Lipinski definition) is 5. The zero-order valence-electron chi connectivity index (χ0n) is 12.8. The quantitative estimate of drug-likeness (QED) is 0.434. The van der Waals surface area contributed by atoms with Crippen molar-refractivity contribution in [1.29, 1.82) is 5.26 Å². The Morgan fingerprint density at radius 2 is 1.96 bits per heavy atom. The van der Waals surface area contributed by atoms with Crippen molar-refractivity contribution in [3.8, 4) is 11.8 Å². The number of aliphatic hydroxyl groups excluding tert-OH is 1. The number of carbonyl (C=O) groups is 2. The Hall–Kier alpha value is -3.11. The molecule has 2 aromatic rings. The van der Waals surface area contributed by atoms with Crippen LogP contribution in [-0.2, 0) is 11.4 Å². The third kappa shape index (κ3) is 4.93. The molecule has 0 amide bonds. The summed E-state index contributed by atoms with van der Waals surface area (Å²) < 4.78 is 6.42. The average Bonchev–Trinajstić information content (AvgIpc) is 2.60. The lowest BCUT2D eigenvalue weighted by Crippen LogP contribution is -2.04. The van der Waals surface area contributed by atoms with Crippen LogP contribution in [0.2, 0.25) is 0 Å². The van der Waals surface area contributed by atoms with Crippen LogP contribution in [0.5, 0.6) is 5.75 Å². The Bertz CT molecular complexity index is 899. The van der Waals surface area contributed by atoms with E-state index in [9.17, 15) is 9.59 Å². The molecule has 0 heterocycles. The van der Waals surface area contributed by atoms with Gasteiger partial charge in [0.25, 0.3) is 0 Å². The highest BCUT2D eigenvalue weighted by Gasteiger charge is 2.11. The maximum Gasteiger partial charge on any atom is 0.371 e. The molecule has 25 heavy (non-hydrogen) atoms. The number of ketones is 1. The number of ether oxygens (including phenoxy) is 1. The van der Waals surface area contributed by atoms with Gasteiger partial charge in [0, 0.05) is 21.7 Å². The van der Waals surface area contributed by atoms with Gasteiger partial charge < -0.3 is 14.9 Å². The number of halogens is 1. The molecule has 0 aliphatic rings. The number of allylic oxidation sites excluding steroid dienone is 1. The Morgan fingerprint density at radius 3 is 2.64 bits per heavy atom. The number of carbonyl (C=O) groups excluding carboxylic acids is 1. The molecule has 0 atom stereocenters. The van der Waals surface area contributed by atoms with Gasteiger partial charge in [-0.1, -0.05) is 28.1 Å². The summed E-state index contributed by atoms with van der Waals surface area (Å²) >= 11 is 3.33. The highest BCUT2D eigenvalue weighted by molar-refractivity contribution is 9.10. The van der Waals surface area contributed by atoms with Crippen LogP contribution in [0.25, 0.3) is 0 Å². The van der Waals surface area contributed by atoms with Gasteiger partial charge in [0.05, 0.1) is 11.6 Å². The number of nitrogens with zero attached hydrogens (tertiary/aromatic N) is 1. The van der Waals surface area contributed by atoms with Gasteiger partial charge in [0.2, 0.25) is 5.76 Å². The third-order valence-electron chi connectivity index (χ3n) is 3.19. The van der Waals surface area contributed by atoms with E-state index in [1.165, 1.54) is 12.1 Å². The Kier molecular flexibility index (Phi) is 5.93. The first-order valence-corrected chi connectivity index (χ1v) is 7.79. The van der Waals surface area contributed by atoms with Crippen LogP contribution in [0.1, 0.15) is 21.5 Å². The number of aliphatic hydroxyl groups is 1. The first-order chi connectivity index (χ1) is 11.9. The van der Waals surface area contributed by atoms with Gasteiger partial charge in [-0.05, 0) is 30.3 Å². The lowest BCUT2D eigenvalue weighted by atomic mass is 10.1. The Labute approximate surface area is 151 Å². The zero-order chi connectivity index (χ0) is 18.4. The molecular formula is C18H12BrNO5. The number of nitriles is 1. The molecule has 126 valence electrons. The SMILES string of the molecule is N#Cc1ccc(Br)cc1COc1cccc(C(=O)C=C(O)C(=O)O)c1. The molecule has 0 aliphatic heterocycles. The van der Waals surface area contributed by atoms with E-state index >= 15 is 0 Å². The number of aliphatic carboxylic acids is 1. The summed E-state index contributed by atoms with van der Waals surface area (Å²) in [6.45, 7) is 0.121. The first kappa shape index (κ1) is 18.2. The van der Waals surface area contributed by atoms with Gasteiger partial charge in [-0.25, -0.2) is 4.79 Å². The van der Waals surface area contributed by atoms with Crippen molar-refractivity contribution in [2.75, 3.05) is 0 Å². The topological polar surface area (TPSA) is 108 Å². The van der Waals surface area contributed by atoms with Gasteiger partial charge in [0.1, 0.15) is 12.4 Å². The average molecular weight is 402 g/mol. The molecule has 0 aliphatic carbocycles. The van der Waals surface area contributed by atoms with E-state index in [0.717, 1.165) is 4.47 Å².